The van der Waals surface area contributed by atoms with E-state index in [1.807, 2.05) is 36.4 Å². The van der Waals surface area contributed by atoms with Gasteiger partial charge in [-0.3, -0.25) is 0 Å². The van der Waals surface area contributed by atoms with Gasteiger partial charge in [-0.1, -0.05) is 30.3 Å². The summed E-state index contributed by atoms with van der Waals surface area (Å²) in [5, 5.41) is 5.90. The third kappa shape index (κ3) is 4.89. The first-order chi connectivity index (χ1) is 12.2. The summed E-state index contributed by atoms with van der Waals surface area (Å²) >= 11 is 0. The summed E-state index contributed by atoms with van der Waals surface area (Å²) in [6.07, 6.45) is 2.61. The molecule has 0 aliphatic carbocycles. The number of methoxy groups -OCH3 is 1. The molecular weight excluding hydrogens is 316 g/mol. The van der Waals surface area contributed by atoms with E-state index in [1.165, 1.54) is 5.56 Å². The number of urea groups is 1. The third-order valence-electron chi connectivity index (χ3n) is 4.28. The first-order valence-corrected chi connectivity index (χ1v) is 8.62. The van der Waals surface area contributed by atoms with E-state index in [2.05, 4.69) is 22.8 Å². The minimum absolute atomic E-state index is 0.0336. The first-order valence-electron chi connectivity index (χ1n) is 8.62. The van der Waals surface area contributed by atoms with Gasteiger partial charge in [-0.25, -0.2) is 4.79 Å². The van der Waals surface area contributed by atoms with Crippen LogP contribution >= 0.6 is 0 Å². The Balaban J connectivity index is 1.41. The maximum atomic E-state index is 12.1. The lowest BCUT2D eigenvalue weighted by Gasteiger charge is -2.26. The van der Waals surface area contributed by atoms with Crippen molar-refractivity contribution < 1.29 is 14.3 Å². The van der Waals surface area contributed by atoms with Gasteiger partial charge >= 0.3 is 6.03 Å². The Morgan fingerprint density at radius 3 is 2.88 bits per heavy atom. The maximum Gasteiger partial charge on any atom is 0.315 e. The van der Waals surface area contributed by atoms with Gasteiger partial charge in [-0.15, -0.1) is 0 Å². The number of rotatable bonds is 6. The molecule has 0 radical (unpaired) electrons. The van der Waals surface area contributed by atoms with Crippen LogP contribution in [0.5, 0.6) is 11.5 Å². The Labute approximate surface area is 148 Å². The average molecular weight is 340 g/mol. The third-order valence-corrected chi connectivity index (χ3v) is 4.28. The molecule has 3 rings (SSSR count). The number of hydrogen-bond acceptors (Lipinski definition) is 3. The number of ether oxygens (including phenoxy) is 2. The molecule has 2 aromatic rings. The van der Waals surface area contributed by atoms with E-state index in [0.29, 0.717) is 13.2 Å². The highest BCUT2D eigenvalue weighted by molar-refractivity contribution is 5.74. The van der Waals surface area contributed by atoms with E-state index in [9.17, 15) is 4.79 Å². The van der Waals surface area contributed by atoms with Crippen molar-refractivity contribution in [3.63, 3.8) is 0 Å². The quantitative estimate of drug-likeness (QED) is 0.795. The topological polar surface area (TPSA) is 59.6 Å². The van der Waals surface area contributed by atoms with Crippen LogP contribution in [0.2, 0.25) is 0 Å². The molecule has 0 aromatic heterocycles. The summed E-state index contributed by atoms with van der Waals surface area (Å²) in [6.45, 7) is 1.13. The van der Waals surface area contributed by atoms with Crippen LogP contribution in [-0.4, -0.2) is 32.3 Å². The summed E-state index contributed by atoms with van der Waals surface area (Å²) in [4.78, 5) is 12.1. The van der Waals surface area contributed by atoms with Gasteiger partial charge in [0, 0.05) is 6.54 Å². The molecule has 0 fully saturated rings. The Kier molecular flexibility index (Phi) is 5.77. The van der Waals surface area contributed by atoms with Crippen molar-refractivity contribution in [3.05, 3.63) is 59.7 Å². The second-order valence-corrected chi connectivity index (χ2v) is 6.18. The van der Waals surface area contributed by atoms with Crippen molar-refractivity contribution in [2.45, 2.75) is 25.3 Å². The second-order valence-electron chi connectivity index (χ2n) is 6.18. The molecule has 0 bridgehead atoms. The number of nitrogens with one attached hydrogen (secondary N) is 2. The van der Waals surface area contributed by atoms with E-state index in [4.69, 9.17) is 9.47 Å². The van der Waals surface area contributed by atoms with Crippen molar-refractivity contribution in [1.82, 2.24) is 10.6 Å². The van der Waals surface area contributed by atoms with Crippen molar-refractivity contribution in [2.24, 2.45) is 0 Å². The fourth-order valence-corrected chi connectivity index (χ4v) is 2.97. The number of carbonyl (C=O) groups excluding carboxylic acids is 1. The fourth-order valence-electron chi connectivity index (χ4n) is 2.97. The number of benzene rings is 2. The van der Waals surface area contributed by atoms with Crippen LogP contribution < -0.4 is 20.1 Å². The predicted molar refractivity (Wildman–Crippen MR) is 97.3 cm³/mol. The Morgan fingerprint density at radius 2 is 2.08 bits per heavy atom. The highest BCUT2D eigenvalue weighted by Crippen LogP contribution is 2.28. The Hall–Kier alpha value is -2.69. The van der Waals surface area contributed by atoms with Gasteiger partial charge in [-0.2, -0.15) is 0 Å². The minimum Gasteiger partial charge on any atom is -0.497 e. The van der Waals surface area contributed by atoms with E-state index >= 15 is 0 Å². The summed E-state index contributed by atoms with van der Waals surface area (Å²) in [7, 11) is 1.64. The molecular formula is C20H24N2O3. The van der Waals surface area contributed by atoms with Crippen molar-refractivity contribution >= 4 is 6.03 Å². The van der Waals surface area contributed by atoms with Crippen LogP contribution in [0.4, 0.5) is 4.79 Å². The molecule has 1 heterocycles. The molecule has 25 heavy (non-hydrogen) atoms. The van der Waals surface area contributed by atoms with E-state index in [-0.39, 0.29) is 12.1 Å². The van der Waals surface area contributed by atoms with Crippen molar-refractivity contribution in [1.29, 1.82) is 0 Å². The minimum atomic E-state index is -0.145. The lowest BCUT2D eigenvalue weighted by Crippen LogP contribution is -2.47. The summed E-state index contributed by atoms with van der Waals surface area (Å²) in [5.41, 5.74) is 2.34. The maximum absolute atomic E-state index is 12.1. The highest BCUT2D eigenvalue weighted by atomic mass is 16.5. The molecule has 2 N–H and O–H groups in total. The molecule has 0 unspecified atom stereocenters. The molecule has 0 saturated carbocycles. The first kappa shape index (κ1) is 17.1. The van der Waals surface area contributed by atoms with Gasteiger partial charge in [0.1, 0.15) is 18.1 Å². The lowest BCUT2D eigenvalue weighted by atomic mass is 10.0. The molecule has 2 aromatic carbocycles. The zero-order valence-corrected chi connectivity index (χ0v) is 14.5. The standard InChI is InChI=1S/C20H24N2O3/c1-24-18-9-10-19-16(13-18)12-17(14-25-19)22-20(23)21-11-5-8-15-6-3-2-4-7-15/h2-4,6-7,9-10,13,17H,5,8,11-12,14H2,1H3,(H2,21,22,23)/t17-/m0/s1. The molecule has 1 atom stereocenters. The predicted octanol–water partition coefficient (Wildman–Crippen LogP) is 2.93. The van der Waals surface area contributed by atoms with E-state index in [1.54, 1.807) is 7.11 Å². The SMILES string of the molecule is COc1ccc2c(c1)C[C@H](NC(=O)NCCCc1ccccc1)CO2. The van der Waals surface area contributed by atoms with Gasteiger partial charge in [0.05, 0.1) is 13.2 Å². The van der Waals surface area contributed by atoms with Crippen molar-refractivity contribution in [3.8, 4) is 11.5 Å². The largest absolute Gasteiger partial charge is 0.497 e. The average Bonchev–Trinajstić information content (AvgIpc) is 2.65. The molecule has 0 saturated heterocycles. The Morgan fingerprint density at radius 1 is 1.24 bits per heavy atom. The number of hydrogen-bond donors (Lipinski definition) is 2. The van der Waals surface area contributed by atoms with Gasteiger partial charge in [0.15, 0.2) is 0 Å². The van der Waals surface area contributed by atoms with Crippen LogP contribution in [-0.2, 0) is 12.8 Å². The zero-order valence-electron chi connectivity index (χ0n) is 14.5. The number of aryl methyl sites for hydroxylation is 1. The number of carbonyl (C=O) groups is 1. The van der Waals surface area contributed by atoms with E-state index < -0.39 is 0 Å². The molecule has 5 heteroatoms. The van der Waals surface area contributed by atoms with Gasteiger partial charge in [0.2, 0.25) is 0 Å². The van der Waals surface area contributed by atoms with Gasteiger partial charge in [-0.05, 0) is 48.6 Å². The fraction of sp³-hybridized carbons (Fsp3) is 0.350. The van der Waals surface area contributed by atoms with Crippen LogP contribution in [0.15, 0.2) is 48.5 Å². The molecule has 0 spiro atoms. The van der Waals surface area contributed by atoms with Gasteiger partial charge < -0.3 is 20.1 Å². The highest BCUT2D eigenvalue weighted by Gasteiger charge is 2.21. The summed E-state index contributed by atoms with van der Waals surface area (Å²) in [5.74, 6) is 1.66. The summed E-state index contributed by atoms with van der Waals surface area (Å²) < 4.78 is 11.0. The van der Waals surface area contributed by atoms with Crippen LogP contribution in [0, 0.1) is 0 Å². The van der Waals surface area contributed by atoms with Crippen LogP contribution in [0.25, 0.3) is 0 Å². The lowest BCUT2D eigenvalue weighted by molar-refractivity contribution is 0.214. The normalized spacial score (nSPS) is 15.6. The molecule has 1 aliphatic rings. The Bertz CT molecular complexity index is 703. The monoisotopic (exact) mass is 340 g/mol. The smallest absolute Gasteiger partial charge is 0.315 e. The second kappa shape index (κ2) is 8.42. The number of fused-ring (bicyclic) bond motifs is 1. The summed E-state index contributed by atoms with van der Waals surface area (Å²) in [6, 6.07) is 15.9. The van der Waals surface area contributed by atoms with Crippen LogP contribution in [0.3, 0.4) is 0 Å². The molecule has 5 nitrogen and oxygen atoms in total. The number of amides is 2. The zero-order chi connectivity index (χ0) is 17.5. The van der Waals surface area contributed by atoms with Gasteiger partial charge in [0.25, 0.3) is 0 Å². The molecule has 1 aliphatic heterocycles. The van der Waals surface area contributed by atoms with Crippen LogP contribution in [0.1, 0.15) is 17.5 Å². The molecule has 132 valence electrons. The van der Waals surface area contributed by atoms with Crippen molar-refractivity contribution in [2.75, 3.05) is 20.3 Å². The van der Waals surface area contributed by atoms with E-state index in [0.717, 1.165) is 36.3 Å². The molecule has 2 amide bonds.